The third-order valence-electron chi connectivity index (χ3n) is 3.56. The minimum absolute atomic E-state index is 0.0102. The zero-order valence-corrected chi connectivity index (χ0v) is 16.1. The van der Waals surface area contributed by atoms with Crippen molar-refractivity contribution in [3.8, 4) is 0 Å². The van der Waals surface area contributed by atoms with E-state index in [9.17, 15) is 17.6 Å². The van der Waals surface area contributed by atoms with E-state index in [4.69, 9.17) is 11.6 Å². The molecule has 0 radical (unpaired) electrons. The second kappa shape index (κ2) is 8.03. The van der Waals surface area contributed by atoms with E-state index in [0.29, 0.717) is 12.2 Å². The molecule has 2 rings (SSSR count). The smallest absolute Gasteiger partial charge is 0.258 e. The number of amides is 1. The third kappa shape index (κ3) is 4.32. The van der Waals surface area contributed by atoms with E-state index < -0.39 is 21.7 Å². The Morgan fingerprint density at radius 3 is 2.42 bits per heavy atom. The molecule has 0 aliphatic heterocycles. The van der Waals surface area contributed by atoms with Crippen LogP contribution in [0.5, 0.6) is 0 Å². The summed E-state index contributed by atoms with van der Waals surface area (Å²) in [5, 5.41) is 5.76. The van der Waals surface area contributed by atoms with Crippen molar-refractivity contribution in [3.05, 3.63) is 52.8 Å². The number of halogens is 2. The number of nitrogens with zero attached hydrogens (tertiary/aromatic N) is 1. The molecule has 0 saturated heterocycles. The second-order valence-electron chi connectivity index (χ2n) is 5.60. The lowest BCUT2D eigenvalue weighted by atomic mass is 10.2. The van der Waals surface area contributed by atoms with Gasteiger partial charge in [-0.2, -0.15) is 0 Å². The molecule has 0 aliphatic carbocycles. The molecule has 0 aliphatic rings. The molecule has 0 atom stereocenters. The predicted octanol–water partition coefficient (Wildman–Crippen LogP) is 3.41. The van der Waals surface area contributed by atoms with Crippen LogP contribution in [0.1, 0.15) is 17.3 Å². The lowest BCUT2D eigenvalue weighted by Gasteiger charge is -2.16. The standard InChI is InChI=1S/C17H19ClFN3O3S/c1-4-20-15-8-6-12(26(24,25)22(2)3)10-16(15)21-17(23)13-7-5-11(18)9-14(13)19/h5-10,20H,4H2,1-3H3,(H,21,23). The first-order valence-electron chi connectivity index (χ1n) is 7.73. The number of carbonyl (C=O) groups is 1. The van der Waals surface area contributed by atoms with Gasteiger partial charge in [0.1, 0.15) is 5.82 Å². The van der Waals surface area contributed by atoms with Gasteiger partial charge in [0.25, 0.3) is 5.91 Å². The average molecular weight is 400 g/mol. The highest BCUT2D eigenvalue weighted by Crippen LogP contribution is 2.27. The number of anilines is 2. The molecule has 0 heterocycles. The summed E-state index contributed by atoms with van der Waals surface area (Å²) in [7, 11) is -0.859. The molecule has 6 nitrogen and oxygen atoms in total. The molecule has 140 valence electrons. The van der Waals surface area contributed by atoms with E-state index in [2.05, 4.69) is 10.6 Å². The minimum atomic E-state index is -3.68. The number of carbonyl (C=O) groups excluding carboxylic acids is 1. The van der Waals surface area contributed by atoms with Gasteiger partial charge >= 0.3 is 0 Å². The van der Waals surface area contributed by atoms with Crippen LogP contribution in [0.2, 0.25) is 5.02 Å². The summed E-state index contributed by atoms with van der Waals surface area (Å²) in [5.41, 5.74) is 0.555. The van der Waals surface area contributed by atoms with Crippen molar-refractivity contribution < 1.29 is 17.6 Å². The average Bonchev–Trinajstić information content (AvgIpc) is 2.56. The maximum Gasteiger partial charge on any atom is 0.258 e. The molecular formula is C17H19ClFN3O3S. The van der Waals surface area contributed by atoms with Gasteiger partial charge in [-0.25, -0.2) is 17.1 Å². The van der Waals surface area contributed by atoms with Gasteiger partial charge in [0.05, 0.1) is 21.8 Å². The Bertz CT molecular complexity index is 933. The zero-order chi connectivity index (χ0) is 19.5. The number of nitrogens with one attached hydrogen (secondary N) is 2. The van der Waals surface area contributed by atoms with Gasteiger partial charge in [0.15, 0.2) is 0 Å². The Morgan fingerprint density at radius 1 is 1.15 bits per heavy atom. The van der Waals surface area contributed by atoms with Gasteiger partial charge < -0.3 is 10.6 Å². The quantitative estimate of drug-likeness (QED) is 0.780. The fourth-order valence-electron chi connectivity index (χ4n) is 2.21. The molecule has 26 heavy (non-hydrogen) atoms. The van der Waals surface area contributed by atoms with Gasteiger partial charge in [-0.05, 0) is 43.3 Å². The van der Waals surface area contributed by atoms with E-state index in [1.807, 2.05) is 6.92 Å². The molecule has 9 heteroatoms. The van der Waals surface area contributed by atoms with Gasteiger partial charge in [-0.3, -0.25) is 4.79 Å². The van der Waals surface area contributed by atoms with Gasteiger partial charge in [0.2, 0.25) is 10.0 Å². The number of benzene rings is 2. The number of hydrogen-bond acceptors (Lipinski definition) is 4. The van der Waals surface area contributed by atoms with Crippen molar-refractivity contribution in [2.24, 2.45) is 0 Å². The Balaban J connectivity index is 2.44. The SMILES string of the molecule is CCNc1ccc(S(=O)(=O)N(C)C)cc1NC(=O)c1ccc(Cl)cc1F. The van der Waals surface area contributed by atoms with Crippen LogP contribution >= 0.6 is 11.6 Å². The van der Waals surface area contributed by atoms with Gasteiger partial charge in [0, 0.05) is 25.7 Å². The van der Waals surface area contributed by atoms with Crippen LogP contribution < -0.4 is 10.6 Å². The Morgan fingerprint density at radius 2 is 1.85 bits per heavy atom. The normalized spacial score (nSPS) is 11.5. The molecule has 0 unspecified atom stereocenters. The van der Waals surface area contributed by atoms with Gasteiger partial charge in [-0.1, -0.05) is 11.6 Å². The first kappa shape index (κ1) is 20.2. The van der Waals surface area contributed by atoms with Crippen LogP contribution in [-0.2, 0) is 10.0 Å². The van der Waals surface area contributed by atoms with Crippen LogP contribution in [0, 0.1) is 5.82 Å². The summed E-state index contributed by atoms with van der Waals surface area (Å²) in [6.07, 6.45) is 0. The maximum absolute atomic E-state index is 14.0. The van der Waals surface area contributed by atoms with Crippen LogP contribution in [0.25, 0.3) is 0 Å². The van der Waals surface area contributed by atoms with Crippen molar-refractivity contribution in [3.63, 3.8) is 0 Å². The van der Waals surface area contributed by atoms with Crippen molar-refractivity contribution in [1.29, 1.82) is 0 Å². The van der Waals surface area contributed by atoms with E-state index in [1.165, 1.54) is 38.4 Å². The van der Waals surface area contributed by atoms with Crippen molar-refractivity contribution in [2.75, 3.05) is 31.3 Å². The monoisotopic (exact) mass is 399 g/mol. The molecule has 0 bridgehead atoms. The first-order valence-corrected chi connectivity index (χ1v) is 9.55. The molecule has 0 saturated carbocycles. The van der Waals surface area contributed by atoms with E-state index in [0.717, 1.165) is 10.4 Å². The van der Waals surface area contributed by atoms with Crippen molar-refractivity contribution in [2.45, 2.75) is 11.8 Å². The zero-order valence-electron chi connectivity index (χ0n) is 14.5. The van der Waals surface area contributed by atoms with E-state index in [1.54, 1.807) is 6.07 Å². The summed E-state index contributed by atoms with van der Waals surface area (Å²) in [6, 6.07) is 8.02. The largest absolute Gasteiger partial charge is 0.384 e. The molecule has 2 aromatic rings. The van der Waals surface area contributed by atoms with E-state index in [-0.39, 0.29) is 21.2 Å². The Kier molecular flexibility index (Phi) is 6.22. The molecule has 0 spiro atoms. The fraction of sp³-hybridized carbons (Fsp3) is 0.235. The molecule has 0 aromatic heterocycles. The lowest BCUT2D eigenvalue weighted by molar-refractivity contribution is 0.102. The highest BCUT2D eigenvalue weighted by atomic mass is 35.5. The maximum atomic E-state index is 14.0. The van der Waals surface area contributed by atoms with Crippen LogP contribution in [0.4, 0.5) is 15.8 Å². The molecular weight excluding hydrogens is 381 g/mol. The van der Waals surface area contributed by atoms with Crippen molar-refractivity contribution >= 4 is 38.9 Å². The molecule has 2 aromatic carbocycles. The highest BCUT2D eigenvalue weighted by molar-refractivity contribution is 7.89. The predicted molar refractivity (Wildman–Crippen MR) is 101 cm³/mol. The van der Waals surface area contributed by atoms with Crippen molar-refractivity contribution in [1.82, 2.24) is 4.31 Å². The lowest BCUT2D eigenvalue weighted by Crippen LogP contribution is -2.23. The fourth-order valence-corrected chi connectivity index (χ4v) is 3.29. The summed E-state index contributed by atoms with van der Waals surface area (Å²) < 4.78 is 39.7. The second-order valence-corrected chi connectivity index (χ2v) is 8.19. The summed E-state index contributed by atoms with van der Waals surface area (Å²) in [5.74, 6) is -1.48. The summed E-state index contributed by atoms with van der Waals surface area (Å²) >= 11 is 5.70. The Hall–Kier alpha value is -2.16. The number of sulfonamides is 1. The summed E-state index contributed by atoms with van der Waals surface area (Å²) in [4.78, 5) is 12.4. The number of rotatable bonds is 6. The molecule has 2 N–H and O–H groups in total. The Labute approximate surface area is 157 Å². The van der Waals surface area contributed by atoms with Gasteiger partial charge in [-0.15, -0.1) is 0 Å². The topological polar surface area (TPSA) is 78.5 Å². The highest BCUT2D eigenvalue weighted by Gasteiger charge is 2.20. The minimum Gasteiger partial charge on any atom is -0.384 e. The van der Waals surface area contributed by atoms with Crippen LogP contribution in [0.15, 0.2) is 41.3 Å². The van der Waals surface area contributed by atoms with Crippen LogP contribution in [0.3, 0.4) is 0 Å². The first-order chi connectivity index (χ1) is 12.2. The van der Waals surface area contributed by atoms with E-state index >= 15 is 0 Å². The third-order valence-corrected chi connectivity index (χ3v) is 5.61. The summed E-state index contributed by atoms with van der Waals surface area (Å²) in [6.45, 7) is 2.41. The molecule has 0 fully saturated rings. The molecule has 1 amide bonds. The van der Waals surface area contributed by atoms with Crippen LogP contribution in [-0.4, -0.2) is 39.3 Å². The number of hydrogen-bond donors (Lipinski definition) is 2.